The maximum atomic E-state index is 6.03. The van der Waals surface area contributed by atoms with Gasteiger partial charge in [-0.1, -0.05) is 18.5 Å². The van der Waals surface area contributed by atoms with Crippen LogP contribution in [-0.4, -0.2) is 12.2 Å². The minimum absolute atomic E-state index is 0.0777. The highest BCUT2D eigenvalue weighted by atomic mass is 35.5. The highest BCUT2D eigenvalue weighted by Crippen LogP contribution is 2.41. The molecule has 0 bridgehead atoms. The number of fused-ring (bicyclic) bond motifs is 1. The van der Waals surface area contributed by atoms with E-state index in [-0.39, 0.29) is 24.2 Å². The number of furan rings is 1. The van der Waals surface area contributed by atoms with E-state index < -0.39 is 0 Å². The van der Waals surface area contributed by atoms with Crippen molar-refractivity contribution in [1.29, 1.82) is 0 Å². The van der Waals surface area contributed by atoms with E-state index in [2.05, 4.69) is 26.2 Å². The van der Waals surface area contributed by atoms with Gasteiger partial charge in [-0.3, -0.25) is 5.84 Å². The molecule has 3 rings (SSSR count). The third kappa shape index (κ3) is 2.57. The maximum Gasteiger partial charge on any atom is 0.134 e. The van der Waals surface area contributed by atoms with Crippen molar-refractivity contribution in [2.24, 2.45) is 17.7 Å². The summed E-state index contributed by atoms with van der Waals surface area (Å²) in [5, 5.41) is 1.69. The zero-order valence-corrected chi connectivity index (χ0v) is 13.2. The molecular formula is C16H21ClN2O2. The summed E-state index contributed by atoms with van der Waals surface area (Å²) in [6.07, 6.45) is 0.354. The summed E-state index contributed by atoms with van der Waals surface area (Å²) >= 11 is 6.03. The van der Waals surface area contributed by atoms with Gasteiger partial charge in [-0.15, -0.1) is 0 Å². The average molecular weight is 309 g/mol. The van der Waals surface area contributed by atoms with Gasteiger partial charge in [0, 0.05) is 16.3 Å². The van der Waals surface area contributed by atoms with Crippen molar-refractivity contribution >= 4 is 22.6 Å². The molecule has 2 heterocycles. The Morgan fingerprint density at radius 2 is 1.95 bits per heavy atom. The highest BCUT2D eigenvalue weighted by molar-refractivity contribution is 6.31. The first-order chi connectivity index (χ1) is 10.0. The zero-order chi connectivity index (χ0) is 15.1. The standard InChI is InChI=1S/C16H21ClN2O2/c1-8-9(2)20-10(3)15(8)16(19-18)14-7-11-6-12(17)4-5-13(11)21-14/h4-10,15-16,19H,18H2,1-3H3. The Labute approximate surface area is 129 Å². The molecule has 0 saturated carbocycles. The van der Waals surface area contributed by atoms with Crippen LogP contribution in [0.4, 0.5) is 0 Å². The van der Waals surface area contributed by atoms with Crippen LogP contribution in [0, 0.1) is 11.8 Å². The van der Waals surface area contributed by atoms with Crippen LogP contribution in [0.2, 0.25) is 5.02 Å². The predicted octanol–water partition coefficient (Wildman–Crippen LogP) is 3.65. The number of nitrogens with two attached hydrogens (primary N) is 1. The van der Waals surface area contributed by atoms with E-state index in [1.165, 1.54) is 0 Å². The molecule has 1 fully saturated rings. The minimum Gasteiger partial charge on any atom is -0.459 e. The van der Waals surface area contributed by atoms with Crippen LogP contribution in [0.15, 0.2) is 28.7 Å². The third-order valence-electron chi connectivity index (χ3n) is 4.69. The van der Waals surface area contributed by atoms with E-state index in [4.69, 9.17) is 26.6 Å². The first-order valence-electron chi connectivity index (χ1n) is 7.32. The van der Waals surface area contributed by atoms with Gasteiger partial charge in [0.25, 0.3) is 0 Å². The van der Waals surface area contributed by atoms with Crippen molar-refractivity contribution in [3.63, 3.8) is 0 Å². The Morgan fingerprint density at radius 3 is 2.57 bits per heavy atom. The number of halogens is 1. The van der Waals surface area contributed by atoms with Crippen molar-refractivity contribution in [2.75, 3.05) is 0 Å². The molecule has 5 atom stereocenters. The third-order valence-corrected chi connectivity index (χ3v) is 4.92. The number of ether oxygens (including phenoxy) is 1. The van der Waals surface area contributed by atoms with Gasteiger partial charge in [0.15, 0.2) is 0 Å². The van der Waals surface area contributed by atoms with Crippen LogP contribution >= 0.6 is 11.6 Å². The molecular weight excluding hydrogens is 288 g/mol. The summed E-state index contributed by atoms with van der Waals surface area (Å²) in [5.41, 5.74) is 3.73. The summed E-state index contributed by atoms with van der Waals surface area (Å²) in [4.78, 5) is 0. The number of hydrazine groups is 1. The van der Waals surface area contributed by atoms with Gasteiger partial charge in [0.2, 0.25) is 0 Å². The second-order valence-electron chi connectivity index (χ2n) is 5.96. The van der Waals surface area contributed by atoms with Crippen LogP contribution < -0.4 is 11.3 Å². The van der Waals surface area contributed by atoms with Gasteiger partial charge in [0.1, 0.15) is 11.3 Å². The molecule has 1 aromatic carbocycles. The summed E-state index contributed by atoms with van der Waals surface area (Å²) in [6.45, 7) is 6.39. The summed E-state index contributed by atoms with van der Waals surface area (Å²) in [5.74, 6) is 7.31. The lowest BCUT2D eigenvalue weighted by molar-refractivity contribution is 0.0466. The first kappa shape index (κ1) is 14.9. The number of nitrogens with one attached hydrogen (secondary N) is 1. The number of rotatable bonds is 3. The van der Waals surface area contributed by atoms with Crippen LogP contribution in [0.5, 0.6) is 0 Å². The number of benzene rings is 1. The normalized spacial score (nSPS) is 30.9. The van der Waals surface area contributed by atoms with Gasteiger partial charge in [-0.05, 0) is 44.0 Å². The minimum atomic E-state index is -0.0777. The van der Waals surface area contributed by atoms with Gasteiger partial charge < -0.3 is 9.15 Å². The Balaban J connectivity index is 1.98. The summed E-state index contributed by atoms with van der Waals surface area (Å²) in [6, 6.07) is 7.54. The fourth-order valence-corrected chi connectivity index (χ4v) is 3.62. The van der Waals surface area contributed by atoms with Crippen molar-refractivity contribution < 1.29 is 9.15 Å². The Bertz CT molecular complexity index is 642. The second-order valence-corrected chi connectivity index (χ2v) is 6.39. The molecule has 1 aliphatic heterocycles. The fourth-order valence-electron chi connectivity index (χ4n) is 3.44. The van der Waals surface area contributed by atoms with Crippen molar-refractivity contribution in [3.8, 4) is 0 Å². The maximum absolute atomic E-state index is 6.03. The molecule has 4 nitrogen and oxygen atoms in total. The smallest absolute Gasteiger partial charge is 0.134 e. The Kier molecular flexibility index (Phi) is 3.97. The molecule has 0 spiro atoms. The topological polar surface area (TPSA) is 60.4 Å². The molecule has 1 saturated heterocycles. The van der Waals surface area contributed by atoms with E-state index >= 15 is 0 Å². The molecule has 0 aliphatic carbocycles. The lowest BCUT2D eigenvalue weighted by Crippen LogP contribution is -2.38. The molecule has 114 valence electrons. The van der Waals surface area contributed by atoms with Gasteiger partial charge in [0.05, 0.1) is 18.2 Å². The molecule has 21 heavy (non-hydrogen) atoms. The lowest BCUT2D eigenvalue weighted by Gasteiger charge is -2.26. The van der Waals surface area contributed by atoms with Crippen LogP contribution in [-0.2, 0) is 4.74 Å². The lowest BCUT2D eigenvalue weighted by atomic mass is 9.82. The Hall–Kier alpha value is -1.07. The first-order valence-corrected chi connectivity index (χ1v) is 7.69. The monoisotopic (exact) mass is 308 g/mol. The van der Waals surface area contributed by atoms with Gasteiger partial charge in [-0.2, -0.15) is 0 Å². The molecule has 0 radical (unpaired) electrons. The van der Waals surface area contributed by atoms with E-state index in [1.807, 2.05) is 24.3 Å². The molecule has 3 N–H and O–H groups in total. The van der Waals surface area contributed by atoms with E-state index in [0.717, 1.165) is 16.7 Å². The van der Waals surface area contributed by atoms with Gasteiger partial charge in [-0.25, -0.2) is 5.43 Å². The van der Waals surface area contributed by atoms with Gasteiger partial charge >= 0.3 is 0 Å². The molecule has 1 aromatic heterocycles. The van der Waals surface area contributed by atoms with Crippen LogP contribution in [0.3, 0.4) is 0 Å². The van der Waals surface area contributed by atoms with E-state index in [1.54, 1.807) is 0 Å². The van der Waals surface area contributed by atoms with E-state index in [0.29, 0.717) is 10.9 Å². The fraction of sp³-hybridized carbons (Fsp3) is 0.500. The molecule has 1 aliphatic rings. The predicted molar refractivity (Wildman–Crippen MR) is 84.0 cm³/mol. The summed E-state index contributed by atoms with van der Waals surface area (Å²) < 4.78 is 11.9. The van der Waals surface area contributed by atoms with Crippen molar-refractivity contribution in [2.45, 2.75) is 39.0 Å². The van der Waals surface area contributed by atoms with E-state index in [9.17, 15) is 0 Å². The molecule has 5 unspecified atom stereocenters. The average Bonchev–Trinajstić information content (AvgIpc) is 2.95. The quantitative estimate of drug-likeness (QED) is 0.671. The molecule has 2 aromatic rings. The van der Waals surface area contributed by atoms with Crippen LogP contribution in [0.1, 0.15) is 32.6 Å². The second kappa shape index (κ2) is 5.61. The Morgan fingerprint density at radius 1 is 1.19 bits per heavy atom. The SMILES string of the molecule is CC1OC(C)C(C(NN)c2cc3cc(Cl)ccc3o2)C1C. The largest absolute Gasteiger partial charge is 0.459 e. The van der Waals surface area contributed by atoms with Crippen molar-refractivity contribution in [1.82, 2.24) is 5.43 Å². The molecule has 5 heteroatoms. The van der Waals surface area contributed by atoms with Crippen LogP contribution in [0.25, 0.3) is 11.0 Å². The molecule has 0 amide bonds. The highest BCUT2D eigenvalue weighted by Gasteiger charge is 2.43. The number of hydrogen-bond acceptors (Lipinski definition) is 4. The number of hydrogen-bond donors (Lipinski definition) is 2. The summed E-state index contributed by atoms with van der Waals surface area (Å²) in [7, 11) is 0. The van der Waals surface area contributed by atoms with Crippen molar-refractivity contribution in [3.05, 3.63) is 35.0 Å². The zero-order valence-electron chi connectivity index (χ0n) is 12.5.